The van der Waals surface area contributed by atoms with Crippen molar-refractivity contribution in [2.75, 3.05) is 18.4 Å². The lowest BCUT2D eigenvalue weighted by molar-refractivity contribution is -0.128. The second kappa shape index (κ2) is 5.50. The Morgan fingerprint density at radius 3 is 2.90 bits per heavy atom. The zero-order valence-electron chi connectivity index (χ0n) is 12.6. The van der Waals surface area contributed by atoms with Crippen molar-refractivity contribution in [2.45, 2.75) is 39.0 Å². The van der Waals surface area contributed by atoms with Crippen molar-refractivity contribution in [3.63, 3.8) is 0 Å². The number of aromatic amines is 1. The first kappa shape index (κ1) is 14.1. The fourth-order valence-corrected chi connectivity index (χ4v) is 2.66. The Labute approximate surface area is 124 Å². The highest BCUT2D eigenvalue weighted by atomic mass is 16.2. The summed E-state index contributed by atoms with van der Waals surface area (Å²) in [6, 6.07) is 1.85. The molecule has 6 heteroatoms. The molecule has 1 aliphatic carbocycles. The number of nitrogens with zero attached hydrogens (tertiary/aromatic N) is 2. The van der Waals surface area contributed by atoms with E-state index in [-0.39, 0.29) is 17.7 Å². The van der Waals surface area contributed by atoms with Crippen LogP contribution in [0.25, 0.3) is 0 Å². The van der Waals surface area contributed by atoms with Crippen LogP contribution in [0.2, 0.25) is 0 Å². The lowest BCUT2D eigenvalue weighted by atomic mass is 10.1. The topological polar surface area (TPSA) is 78.1 Å². The van der Waals surface area contributed by atoms with Crippen LogP contribution in [0.15, 0.2) is 6.07 Å². The molecule has 1 aromatic heterocycles. The molecule has 2 heterocycles. The minimum atomic E-state index is -0.254. The lowest BCUT2D eigenvalue weighted by Gasteiger charge is -2.15. The van der Waals surface area contributed by atoms with Crippen molar-refractivity contribution in [2.24, 2.45) is 11.8 Å². The summed E-state index contributed by atoms with van der Waals surface area (Å²) < 4.78 is 0. The van der Waals surface area contributed by atoms with Gasteiger partial charge in [-0.05, 0) is 24.7 Å². The van der Waals surface area contributed by atoms with Crippen molar-refractivity contribution in [1.82, 2.24) is 15.1 Å². The summed E-state index contributed by atoms with van der Waals surface area (Å²) in [4.78, 5) is 26.0. The van der Waals surface area contributed by atoms with Crippen molar-refractivity contribution in [3.8, 4) is 0 Å². The average Bonchev–Trinajstić information content (AvgIpc) is 2.98. The third kappa shape index (κ3) is 3.25. The van der Waals surface area contributed by atoms with Gasteiger partial charge in [0.15, 0.2) is 5.82 Å². The summed E-state index contributed by atoms with van der Waals surface area (Å²) >= 11 is 0. The van der Waals surface area contributed by atoms with Crippen LogP contribution in [-0.4, -0.2) is 40.0 Å². The number of carbonyl (C=O) groups is 2. The van der Waals surface area contributed by atoms with Gasteiger partial charge in [0.05, 0.1) is 5.92 Å². The van der Waals surface area contributed by atoms with Gasteiger partial charge in [0.2, 0.25) is 11.8 Å². The van der Waals surface area contributed by atoms with E-state index in [1.54, 1.807) is 0 Å². The lowest BCUT2D eigenvalue weighted by Crippen LogP contribution is -2.29. The van der Waals surface area contributed by atoms with Gasteiger partial charge < -0.3 is 10.2 Å². The molecule has 6 nitrogen and oxygen atoms in total. The molecule has 1 atom stereocenters. The molecule has 1 unspecified atom stereocenters. The zero-order valence-corrected chi connectivity index (χ0v) is 12.6. The quantitative estimate of drug-likeness (QED) is 0.867. The Kier molecular flexibility index (Phi) is 3.69. The molecule has 1 aromatic rings. The smallest absolute Gasteiger partial charge is 0.230 e. The number of carbonyl (C=O) groups excluding carboxylic acids is 2. The number of hydrogen-bond donors (Lipinski definition) is 2. The maximum absolute atomic E-state index is 12.2. The summed E-state index contributed by atoms with van der Waals surface area (Å²) in [5, 5.41) is 9.81. The Bertz CT molecular complexity index is 548. The van der Waals surface area contributed by atoms with E-state index in [2.05, 4.69) is 29.4 Å². The monoisotopic (exact) mass is 290 g/mol. The summed E-state index contributed by atoms with van der Waals surface area (Å²) in [6.07, 6.45) is 2.75. The van der Waals surface area contributed by atoms with Crippen LogP contribution >= 0.6 is 0 Å². The first-order valence-corrected chi connectivity index (χ1v) is 7.67. The van der Waals surface area contributed by atoms with Crippen LogP contribution < -0.4 is 5.32 Å². The Morgan fingerprint density at radius 2 is 2.29 bits per heavy atom. The zero-order chi connectivity index (χ0) is 15.0. The molecule has 3 rings (SSSR count). The maximum Gasteiger partial charge on any atom is 0.230 e. The van der Waals surface area contributed by atoms with Gasteiger partial charge in [0.25, 0.3) is 0 Å². The number of nitrogens with one attached hydrogen (secondary N) is 2. The molecule has 0 radical (unpaired) electrons. The van der Waals surface area contributed by atoms with E-state index in [1.165, 1.54) is 12.8 Å². The SMILES string of the molecule is CC(C)c1cc(NC(=O)C2CC(=O)N(CC3CC3)C2)n[nH]1. The highest BCUT2D eigenvalue weighted by molar-refractivity contribution is 5.96. The second-order valence-electron chi connectivity index (χ2n) is 6.50. The van der Waals surface area contributed by atoms with E-state index < -0.39 is 0 Å². The van der Waals surface area contributed by atoms with Gasteiger partial charge in [-0.25, -0.2) is 0 Å². The molecule has 1 saturated carbocycles. The second-order valence-corrected chi connectivity index (χ2v) is 6.50. The van der Waals surface area contributed by atoms with E-state index in [0.29, 0.717) is 30.6 Å². The van der Waals surface area contributed by atoms with E-state index in [4.69, 9.17) is 0 Å². The normalized spacial score (nSPS) is 22.1. The highest BCUT2D eigenvalue weighted by Crippen LogP contribution is 2.32. The first-order chi connectivity index (χ1) is 10.0. The van der Waals surface area contributed by atoms with Crippen LogP contribution in [0.5, 0.6) is 0 Å². The predicted octanol–water partition coefficient (Wildman–Crippen LogP) is 1.73. The number of amides is 2. The summed E-state index contributed by atoms with van der Waals surface area (Å²) in [5.74, 6) is 1.28. The highest BCUT2D eigenvalue weighted by Gasteiger charge is 2.37. The van der Waals surface area contributed by atoms with Crippen molar-refractivity contribution >= 4 is 17.6 Å². The van der Waals surface area contributed by atoms with Crippen molar-refractivity contribution in [3.05, 3.63) is 11.8 Å². The van der Waals surface area contributed by atoms with Gasteiger partial charge in [-0.2, -0.15) is 5.10 Å². The Morgan fingerprint density at radius 1 is 1.52 bits per heavy atom. The van der Waals surface area contributed by atoms with Crippen LogP contribution in [0.3, 0.4) is 0 Å². The van der Waals surface area contributed by atoms with E-state index >= 15 is 0 Å². The largest absolute Gasteiger partial charge is 0.342 e. The minimum Gasteiger partial charge on any atom is -0.342 e. The van der Waals surface area contributed by atoms with E-state index in [1.807, 2.05) is 11.0 Å². The van der Waals surface area contributed by atoms with Gasteiger partial charge >= 0.3 is 0 Å². The average molecular weight is 290 g/mol. The molecule has 1 saturated heterocycles. The minimum absolute atomic E-state index is 0.104. The van der Waals surface area contributed by atoms with Gasteiger partial charge in [-0.3, -0.25) is 14.7 Å². The fourth-order valence-electron chi connectivity index (χ4n) is 2.66. The molecule has 1 aliphatic heterocycles. The molecule has 0 spiro atoms. The molecule has 2 fully saturated rings. The maximum atomic E-state index is 12.2. The van der Waals surface area contributed by atoms with Crippen LogP contribution in [-0.2, 0) is 9.59 Å². The number of aromatic nitrogens is 2. The molecular weight excluding hydrogens is 268 g/mol. The Hall–Kier alpha value is -1.85. The molecule has 2 aliphatic rings. The van der Waals surface area contributed by atoms with Crippen LogP contribution in [0.1, 0.15) is 44.7 Å². The van der Waals surface area contributed by atoms with Gasteiger partial charge in [0, 0.05) is 31.3 Å². The van der Waals surface area contributed by atoms with Crippen molar-refractivity contribution in [1.29, 1.82) is 0 Å². The standard InChI is InChI=1S/C15H22N4O2/c1-9(2)12-6-13(18-17-12)16-15(21)11-5-14(20)19(8-11)7-10-3-4-10/h6,9-11H,3-5,7-8H2,1-2H3,(H2,16,17,18,21). The van der Waals surface area contributed by atoms with Crippen LogP contribution in [0, 0.1) is 11.8 Å². The molecular formula is C15H22N4O2. The number of H-pyrrole nitrogens is 1. The van der Waals surface area contributed by atoms with Crippen LogP contribution in [0.4, 0.5) is 5.82 Å². The van der Waals surface area contributed by atoms with Gasteiger partial charge in [-0.1, -0.05) is 13.8 Å². The third-order valence-corrected chi connectivity index (χ3v) is 4.23. The van der Waals surface area contributed by atoms with E-state index in [0.717, 1.165) is 12.2 Å². The third-order valence-electron chi connectivity index (χ3n) is 4.23. The summed E-state index contributed by atoms with van der Waals surface area (Å²) in [6.45, 7) is 5.49. The fraction of sp³-hybridized carbons (Fsp3) is 0.667. The number of rotatable bonds is 5. The molecule has 114 valence electrons. The van der Waals surface area contributed by atoms with Crippen molar-refractivity contribution < 1.29 is 9.59 Å². The number of likely N-dealkylation sites (tertiary alicyclic amines) is 1. The first-order valence-electron chi connectivity index (χ1n) is 7.67. The number of anilines is 1. The molecule has 2 amide bonds. The molecule has 21 heavy (non-hydrogen) atoms. The molecule has 0 bridgehead atoms. The van der Waals surface area contributed by atoms with E-state index in [9.17, 15) is 9.59 Å². The summed E-state index contributed by atoms with van der Waals surface area (Å²) in [7, 11) is 0. The summed E-state index contributed by atoms with van der Waals surface area (Å²) in [5.41, 5.74) is 0.989. The predicted molar refractivity (Wildman–Crippen MR) is 78.7 cm³/mol. The molecule has 2 N–H and O–H groups in total. The van der Waals surface area contributed by atoms with Gasteiger partial charge in [-0.15, -0.1) is 0 Å². The molecule has 0 aromatic carbocycles. The van der Waals surface area contributed by atoms with Gasteiger partial charge in [0.1, 0.15) is 0 Å². The Balaban J connectivity index is 1.56. The number of hydrogen-bond acceptors (Lipinski definition) is 3.